The highest BCUT2D eigenvalue weighted by Gasteiger charge is 2.47. The minimum absolute atomic E-state index is 0.265. The first-order valence-corrected chi connectivity index (χ1v) is 8.25. The Morgan fingerprint density at radius 1 is 1.11 bits per heavy atom. The largest absolute Gasteiger partial charge is 0.329 e. The van der Waals surface area contributed by atoms with Crippen molar-refractivity contribution in [1.29, 1.82) is 0 Å². The first-order chi connectivity index (χ1) is 8.78. The van der Waals surface area contributed by atoms with Gasteiger partial charge in [-0.1, -0.05) is 27.7 Å². The minimum atomic E-state index is 0.265. The molecular weight excluding hydrogens is 232 g/mol. The molecule has 0 aromatic rings. The third kappa shape index (κ3) is 3.16. The summed E-state index contributed by atoms with van der Waals surface area (Å²) in [6.07, 6.45) is 6.62. The number of piperidine rings is 1. The van der Waals surface area contributed by atoms with Crippen molar-refractivity contribution in [3.63, 3.8) is 0 Å². The van der Waals surface area contributed by atoms with E-state index in [4.69, 9.17) is 5.73 Å². The summed E-state index contributed by atoms with van der Waals surface area (Å²) in [4.78, 5) is 2.78. The molecule has 0 spiro atoms. The molecule has 2 heteroatoms. The SMILES string of the molecule is CC1CCN(C2(CN)CC(C)CC(C)(C)C2)C(C)C1. The van der Waals surface area contributed by atoms with Gasteiger partial charge in [0.1, 0.15) is 0 Å². The van der Waals surface area contributed by atoms with Gasteiger partial charge in [0.25, 0.3) is 0 Å². The highest BCUT2D eigenvalue weighted by atomic mass is 15.2. The first kappa shape index (κ1) is 15.3. The number of hydrogen-bond acceptors (Lipinski definition) is 2. The molecule has 0 radical (unpaired) electrons. The summed E-state index contributed by atoms with van der Waals surface area (Å²) in [5.74, 6) is 1.69. The predicted octanol–water partition coefficient (Wildman–Crippen LogP) is 3.65. The predicted molar refractivity (Wildman–Crippen MR) is 83.1 cm³/mol. The van der Waals surface area contributed by atoms with Crippen LogP contribution < -0.4 is 5.73 Å². The Morgan fingerprint density at radius 3 is 2.32 bits per heavy atom. The van der Waals surface area contributed by atoms with Crippen LogP contribution in [0.3, 0.4) is 0 Å². The van der Waals surface area contributed by atoms with E-state index in [2.05, 4.69) is 39.5 Å². The van der Waals surface area contributed by atoms with Crippen molar-refractivity contribution in [3.8, 4) is 0 Å². The van der Waals surface area contributed by atoms with Gasteiger partial charge in [-0.05, 0) is 62.8 Å². The van der Waals surface area contributed by atoms with Crippen molar-refractivity contribution in [1.82, 2.24) is 4.90 Å². The van der Waals surface area contributed by atoms with E-state index in [1.807, 2.05) is 0 Å². The average Bonchev–Trinajstić information content (AvgIpc) is 2.25. The van der Waals surface area contributed by atoms with E-state index in [1.54, 1.807) is 0 Å². The summed E-state index contributed by atoms with van der Waals surface area (Å²) >= 11 is 0. The highest BCUT2D eigenvalue weighted by Crippen LogP contribution is 2.47. The molecule has 19 heavy (non-hydrogen) atoms. The lowest BCUT2D eigenvalue weighted by atomic mass is 9.63. The molecule has 0 aromatic carbocycles. The summed E-state index contributed by atoms with van der Waals surface area (Å²) in [5, 5.41) is 0. The van der Waals surface area contributed by atoms with Gasteiger partial charge < -0.3 is 5.73 Å². The van der Waals surface area contributed by atoms with Gasteiger partial charge in [-0.25, -0.2) is 0 Å². The molecule has 4 unspecified atom stereocenters. The van der Waals surface area contributed by atoms with Crippen LogP contribution in [0.5, 0.6) is 0 Å². The number of nitrogens with zero attached hydrogens (tertiary/aromatic N) is 1. The fourth-order valence-electron chi connectivity index (χ4n) is 5.30. The zero-order valence-corrected chi connectivity index (χ0v) is 13.7. The Labute approximate surface area is 120 Å². The van der Waals surface area contributed by atoms with Crippen molar-refractivity contribution in [2.45, 2.75) is 78.3 Å². The molecule has 2 rings (SSSR count). The monoisotopic (exact) mass is 266 g/mol. The molecule has 2 N–H and O–H groups in total. The lowest BCUT2D eigenvalue weighted by molar-refractivity contribution is -0.0526. The summed E-state index contributed by atoms with van der Waals surface area (Å²) < 4.78 is 0. The van der Waals surface area contributed by atoms with Gasteiger partial charge in [0, 0.05) is 18.1 Å². The Balaban J connectivity index is 2.21. The maximum absolute atomic E-state index is 6.31. The minimum Gasteiger partial charge on any atom is -0.329 e. The molecule has 0 aromatic heterocycles. The van der Waals surface area contributed by atoms with Crippen LogP contribution in [0.4, 0.5) is 0 Å². The maximum Gasteiger partial charge on any atom is 0.0342 e. The quantitative estimate of drug-likeness (QED) is 0.826. The summed E-state index contributed by atoms with van der Waals surface area (Å²) in [5.41, 5.74) is 7.02. The van der Waals surface area contributed by atoms with Crippen molar-refractivity contribution in [2.24, 2.45) is 23.0 Å². The Morgan fingerprint density at radius 2 is 1.79 bits per heavy atom. The maximum atomic E-state index is 6.31. The first-order valence-electron chi connectivity index (χ1n) is 8.25. The summed E-state index contributed by atoms with van der Waals surface area (Å²) in [6.45, 7) is 14.2. The number of hydrogen-bond donors (Lipinski definition) is 1. The molecule has 0 bridgehead atoms. The third-order valence-electron chi connectivity index (χ3n) is 5.56. The number of nitrogens with two attached hydrogens (primary N) is 1. The summed E-state index contributed by atoms with van der Waals surface area (Å²) in [7, 11) is 0. The van der Waals surface area contributed by atoms with Crippen molar-refractivity contribution < 1.29 is 0 Å². The normalized spacial score (nSPS) is 44.2. The molecule has 1 saturated carbocycles. The van der Waals surface area contributed by atoms with Gasteiger partial charge in [0.15, 0.2) is 0 Å². The van der Waals surface area contributed by atoms with Crippen LogP contribution in [0.2, 0.25) is 0 Å². The van der Waals surface area contributed by atoms with Gasteiger partial charge in [0.05, 0.1) is 0 Å². The van der Waals surface area contributed by atoms with Crippen LogP contribution in [0.25, 0.3) is 0 Å². The highest BCUT2D eigenvalue weighted by molar-refractivity contribution is 5.03. The Kier molecular flexibility index (Phi) is 4.32. The van der Waals surface area contributed by atoms with E-state index in [-0.39, 0.29) is 5.54 Å². The lowest BCUT2D eigenvalue weighted by Gasteiger charge is -2.56. The molecule has 2 aliphatic rings. The zero-order chi connectivity index (χ0) is 14.3. The molecule has 0 amide bonds. The van der Waals surface area contributed by atoms with E-state index in [0.717, 1.165) is 18.4 Å². The second kappa shape index (κ2) is 5.37. The second-order valence-corrected chi connectivity index (χ2v) is 8.45. The zero-order valence-electron chi connectivity index (χ0n) is 13.7. The lowest BCUT2D eigenvalue weighted by Crippen LogP contribution is -2.63. The van der Waals surface area contributed by atoms with E-state index in [9.17, 15) is 0 Å². The van der Waals surface area contributed by atoms with Crippen LogP contribution in [-0.4, -0.2) is 29.6 Å². The standard InChI is InChI=1S/C17H34N2/c1-13-6-7-19(15(3)8-13)17(12-18)10-14(2)9-16(4,5)11-17/h13-15H,6-12,18H2,1-5H3. The smallest absolute Gasteiger partial charge is 0.0342 e. The Hall–Kier alpha value is -0.0800. The van der Waals surface area contributed by atoms with E-state index >= 15 is 0 Å². The fraction of sp³-hybridized carbons (Fsp3) is 1.00. The van der Waals surface area contributed by atoms with Gasteiger partial charge in [-0.2, -0.15) is 0 Å². The molecule has 1 aliphatic carbocycles. The Bertz CT molecular complexity index is 312. The molecule has 112 valence electrons. The molecule has 2 nitrogen and oxygen atoms in total. The van der Waals surface area contributed by atoms with Gasteiger partial charge in [-0.15, -0.1) is 0 Å². The van der Waals surface area contributed by atoms with E-state index in [1.165, 1.54) is 38.6 Å². The van der Waals surface area contributed by atoms with Crippen LogP contribution in [0.15, 0.2) is 0 Å². The summed E-state index contributed by atoms with van der Waals surface area (Å²) in [6, 6.07) is 0.702. The van der Waals surface area contributed by atoms with Crippen LogP contribution in [-0.2, 0) is 0 Å². The second-order valence-electron chi connectivity index (χ2n) is 8.45. The van der Waals surface area contributed by atoms with Gasteiger partial charge >= 0.3 is 0 Å². The van der Waals surface area contributed by atoms with E-state index in [0.29, 0.717) is 11.5 Å². The molecular formula is C17H34N2. The van der Waals surface area contributed by atoms with Gasteiger partial charge in [-0.3, -0.25) is 4.90 Å². The van der Waals surface area contributed by atoms with E-state index < -0.39 is 0 Å². The molecule has 4 atom stereocenters. The average molecular weight is 266 g/mol. The van der Waals surface area contributed by atoms with Crippen molar-refractivity contribution >= 4 is 0 Å². The molecule has 1 aliphatic heterocycles. The van der Waals surface area contributed by atoms with Crippen LogP contribution >= 0.6 is 0 Å². The third-order valence-corrected chi connectivity index (χ3v) is 5.56. The van der Waals surface area contributed by atoms with Crippen LogP contribution in [0.1, 0.15) is 66.7 Å². The van der Waals surface area contributed by atoms with Crippen molar-refractivity contribution in [3.05, 3.63) is 0 Å². The fourth-order valence-corrected chi connectivity index (χ4v) is 5.30. The topological polar surface area (TPSA) is 29.3 Å². The van der Waals surface area contributed by atoms with Crippen LogP contribution in [0, 0.1) is 17.3 Å². The number of rotatable bonds is 2. The molecule has 2 fully saturated rings. The molecule has 1 heterocycles. The van der Waals surface area contributed by atoms with Crippen molar-refractivity contribution in [2.75, 3.05) is 13.1 Å². The molecule has 1 saturated heterocycles. The van der Waals surface area contributed by atoms with Gasteiger partial charge in [0.2, 0.25) is 0 Å². The number of likely N-dealkylation sites (tertiary alicyclic amines) is 1.